The van der Waals surface area contributed by atoms with Gasteiger partial charge < -0.3 is 18.9 Å². The van der Waals surface area contributed by atoms with Gasteiger partial charge in [0.2, 0.25) is 5.91 Å². The molecule has 6 nitrogen and oxygen atoms in total. The zero-order valence-corrected chi connectivity index (χ0v) is 16.0. The summed E-state index contributed by atoms with van der Waals surface area (Å²) < 4.78 is 16.0. The Bertz CT molecular complexity index is 972. The summed E-state index contributed by atoms with van der Waals surface area (Å²) in [7, 11) is 3.22. The van der Waals surface area contributed by atoms with Crippen molar-refractivity contribution in [1.82, 2.24) is 10.1 Å². The molecule has 1 aliphatic heterocycles. The predicted octanol–water partition coefficient (Wildman–Crippen LogP) is 3.66. The molecule has 0 N–H and O–H groups in total. The van der Waals surface area contributed by atoms with Crippen LogP contribution in [0.5, 0.6) is 11.5 Å². The third kappa shape index (κ3) is 3.35. The lowest BCUT2D eigenvalue weighted by atomic mass is 10.1. The standard InChI is InChI=1S/C20H20N2O4S/c1-24-17-8-7-13(11-18(17)25-2)20-22(9-10-27-20)19(23)12-15-14-5-3-4-6-16(14)26-21-15/h3-8,11,20H,9-10,12H2,1-2H3. The van der Waals surface area contributed by atoms with Crippen LogP contribution in [-0.2, 0) is 11.2 Å². The summed E-state index contributed by atoms with van der Waals surface area (Å²) in [4.78, 5) is 14.9. The lowest BCUT2D eigenvalue weighted by Gasteiger charge is -2.24. The molecule has 3 aromatic rings. The van der Waals surface area contributed by atoms with Crippen molar-refractivity contribution in [3.8, 4) is 11.5 Å². The highest BCUT2D eigenvalue weighted by molar-refractivity contribution is 7.99. The number of methoxy groups -OCH3 is 2. The van der Waals surface area contributed by atoms with Gasteiger partial charge in [-0.15, -0.1) is 11.8 Å². The Morgan fingerprint density at radius 1 is 1.22 bits per heavy atom. The number of hydrogen-bond donors (Lipinski definition) is 0. The van der Waals surface area contributed by atoms with Crippen LogP contribution < -0.4 is 9.47 Å². The van der Waals surface area contributed by atoms with Crippen molar-refractivity contribution in [2.75, 3.05) is 26.5 Å². The molecule has 1 amide bonds. The molecule has 2 heterocycles. The summed E-state index contributed by atoms with van der Waals surface area (Å²) >= 11 is 1.75. The minimum atomic E-state index is -0.0459. The van der Waals surface area contributed by atoms with Crippen LogP contribution in [0.3, 0.4) is 0 Å². The topological polar surface area (TPSA) is 64.8 Å². The van der Waals surface area contributed by atoms with Crippen LogP contribution in [0, 0.1) is 0 Å². The fraction of sp³-hybridized carbons (Fsp3) is 0.300. The molecule has 0 saturated carbocycles. The molecule has 1 fully saturated rings. The monoisotopic (exact) mass is 384 g/mol. The van der Waals surface area contributed by atoms with Crippen molar-refractivity contribution >= 4 is 28.6 Å². The summed E-state index contributed by atoms with van der Waals surface area (Å²) in [6.07, 6.45) is 0.224. The number of para-hydroxylation sites is 1. The van der Waals surface area contributed by atoms with Crippen LogP contribution >= 0.6 is 11.8 Å². The van der Waals surface area contributed by atoms with Gasteiger partial charge in [-0.05, 0) is 29.8 Å². The second-order valence-corrected chi connectivity index (χ2v) is 7.42. The number of rotatable bonds is 5. The second-order valence-electron chi connectivity index (χ2n) is 6.23. The highest BCUT2D eigenvalue weighted by Gasteiger charge is 2.32. The zero-order chi connectivity index (χ0) is 18.8. The maximum atomic E-state index is 13.0. The van der Waals surface area contributed by atoms with E-state index in [1.807, 2.05) is 47.4 Å². The van der Waals surface area contributed by atoms with E-state index in [2.05, 4.69) is 5.16 Å². The van der Waals surface area contributed by atoms with Gasteiger partial charge >= 0.3 is 0 Å². The molecule has 1 unspecified atom stereocenters. The first-order chi connectivity index (χ1) is 13.2. The summed E-state index contributed by atoms with van der Waals surface area (Å²) in [5.74, 6) is 2.28. The molecule has 27 heavy (non-hydrogen) atoms. The Balaban J connectivity index is 1.57. The lowest BCUT2D eigenvalue weighted by molar-refractivity contribution is -0.130. The molecular weight excluding hydrogens is 364 g/mol. The molecular formula is C20H20N2O4S. The molecule has 0 bridgehead atoms. The highest BCUT2D eigenvalue weighted by atomic mass is 32.2. The van der Waals surface area contributed by atoms with Crippen LogP contribution in [0.1, 0.15) is 16.6 Å². The van der Waals surface area contributed by atoms with E-state index in [0.29, 0.717) is 29.3 Å². The molecule has 0 spiro atoms. The Kier molecular flexibility index (Phi) is 4.94. The van der Waals surface area contributed by atoms with Crippen LogP contribution in [0.15, 0.2) is 47.0 Å². The van der Waals surface area contributed by atoms with E-state index >= 15 is 0 Å². The van der Waals surface area contributed by atoms with Crippen LogP contribution in [0.2, 0.25) is 0 Å². The Hall–Kier alpha value is -2.67. The molecule has 2 aromatic carbocycles. The Labute approximate surface area is 161 Å². The van der Waals surface area contributed by atoms with Crippen molar-refractivity contribution in [1.29, 1.82) is 0 Å². The summed E-state index contributed by atoms with van der Waals surface area (Å²) in [5.41, 5.74) is 2.40. The van der Waals surface area contributed by atoms with E-state index in [1.54, 1.807) is 26.0 Å². The van der Waals surface area contributed by atoms with E-state index in [0.717, 1.165) is 16.7 Å². The van der Waals surface area contributed by atoms with Gasteiger partial charge in [-0.1, -0.05) is 23.4 Å². The molecule has 4 rings (SSSR count). The summed E-state index contributed by atoms with van der Waals surface area (Å²) in [6, 6.07) is 13.4. The van der Waals surface area contributed by atoms with Gasteiger partial charge in [0, 0.05) is 17.7 Å². The quantitative estimate of drug-likeness (QED) is 0.669. The smallest absolute Gasteiger partial charge is 0.229 e. The second kappa shape index (κ2) is 7.52. The Morgan fingerprint density at radius 2 is 2.04 bits per heavy atom. The van der Waals surface area contributed by atoms with Crippen LogP contribution in [0.25, 0.3) is 11.0 Å². The van der Waals surface area contributed by atoms with Crippen LogP contribution in [-0.4, -0.2) is 42.5 Å². The predicted molar refractivity (Wildman–Crippen MR) is 104 cm³/mol. The Morgan fingerprint density at radius 3 is 2.85 bits per heavy atom. The molecule has 1 aromatic heterocycles. The van der Waals surface area contributed by atoms with Gasteiger partial charge in [0.05, 0.1) is 20.6 Å². The molecule has 1 saturated heterocycles. The number of ether oxygens (including phenoxy) is 2. The minimum absolute atomic E-state index is 0.0406. The van der Waals surface area contributed by atoms with Crippen LogP contribution in [0.4, 0.5) is 0 Å². The number of fused-ring (bicyclic) bond motifs is 1. The summed E-state index contributed by atoms with van der Waals surface area (Å²) in [6.45, 7) is 0.707. The van der Waals surface area contributed by atoms with E-state index in [1.165, 1.54) is 0 Å². The first-order valence-electron chi connectivity index (χ1n) is 8.67. The van der Waals surface area contributed by atoms with Crippen molar-refractivity contribution in [2.45, 2.75) is 11.8 Å². The molecule has 0 radical (unpaired) electrons. The number of aromatic nitrogens is 1. The fourth-order valence-corrected chi connectivity index (χ4v) is 4.59. The number of carbonyl (C=O) groups excluding carboxylic acids is 1. The largest absolute Gasteiger partial charge is 0.493 e. The van der Waals surface area contributed by atoms with E-state index < -0.39 is 0 Å². The average molecular weight is 384 g/mol. The fourth-order valence-electron chi connectivity index (χ4n) is 3.32. The SMILES string of the molecule is COc1ccc(C2SCCN2C(=O)Cc2noc3ccccc23)cc1OC. The van der Waals surface area contributed by atoms with Gasteiger partial charge in [-0.3, -0.25) is 4.79 Å². The van der Waals surface area contributed by atoms with E-state index in [-0.39, 0.29) is 17.7 Å². The first-order valence-corrected chi connectivity index (χ1v) is 9.72. The van der Waals surface area contributed by atoms with Crippen molar-refractivity contribution < 1.29 is 18.8 Å². The lowest BCUT2D eigenvalue weighted by Crippen LogP contribution is -2.31. The number of thioether (sulfide) groups is 1. The maximum Gasteiger partial charge on any atom is 0.229 e. The highest BCUT2D eigenvalue weighted by Crippen LogP contribution is 2.41. The normalized spacial score (nSPS) is 16.7. The van der Waals surface area contributed by atoms with E-state index in [4.69, 9.17) is 14.0 Å². The third-order valence-corrected chi connectivity index (χ3v) is 5.94. The van der Waals surface area contributed by atoms with Crippen molar-refractivity contribution in [3.05, 3.63) is 53.7 Å². The van der Waals surface area contributed by atoms with Gasteiger partial charge in [-0.2, -0.15) is 0 Å². The molecule has 1 aliphatic rings. The number of nitrogens with zero attached hydrogens (tertiary/aromatic N) is 2. The number of benzene rings is 2. The van der Waals surface area contributed by atoms with Gasteiger partial charge in [-0.25, -0.2) is 0 Å². The first kappa shape index (κ1) is 17.7. The van der Waals surface area contributed by atoms with E-state index in [9.17, 15) is 4.79 Å². The summed E-state index contributed by atoms with van der Waals surface area (Å²) in [5, 5.41) is 4.93. The number of carbonyl (C=O) groups is 1. The molecule has 140 valence electrons. The third-order valence-electron chi connectivity index (χ3n) is 4.67. The maximum absolute atomic E-state index is 13.0. The zero-order valence-electron chi connectivity index (χ0n) is 15.2. The molecule has 0 aliphatic carbocycles. The van der Waals surface area contributed by atoms with Gasteiger partial charge in [0.25, 0.3) is 0 Å². The van der Waals surface area contributed by atoms with Crippen molar-refractivity contribution in [2.24, 2.45) is 0 Å². The minimum Gasteiger partial charge on any atom is -0.493 e. The van der Waals surface area contributed by atoms with Gasteiger partial charge in [0.1, 0.15) is 11.1 Å². The number of amides is 1. The molecule has 1 atom stereocenters. The molecule has 7 heteroatoms. The number of hydrogen-bond acceptors (Lipinski definition) is 6. The van der Waals surface area contributed by atoms with Crippen molar-refractivity contribution in [3.63, 3.8) is 0 Å². The van der Waals surface area contributed by atoms with Gasteiger partial charge in [0.15, 0.2) is 17.1 Å². The average Bonchev–Trinajstić information content (AvgIpc) is 3.35.